The molecule has 23 heavy (non-hydrogen) atoms. The quantitative estimate of drug-likeness (QED) is 0.676. The standard InChI is InChI=1S/C21H24N2/c1-4-21(2,3)18-12-10-17(11-13-18)19-15-22-20(23-19)14-16-8-6-5-7-9-16/h5-13,15H,4,14H2,1-3H3,(H,22,23). The number of hydrogen-bond donors (Lipinski definition) is 1. The minimum atomic E-state index is 0.227. The summed E-state index contributed by atoms with van der Waals surface area (Å²) >= 11 is 0. The monoisotopic (exact) mass is 304 g/mol. The summed E-state index contributed by atoms with van der Waals surface area (Å²) in [5.74, 6) is 1.00. The average Bonchev–Trinajstić information content (AvgIpc) is 3.04. The van der Waals surface area contributed by atoms with Gasteiger partial charge in [0, 0.05) is 6.42 Å². The van der Waals surface area contributed by atoms with E-state index in [1.165, 1.54) is 16.7 Å². The van der Waals surface area contributed by atoms with Crippen LogP contribution in [0.25, 0.3) is 11.3 Å². The molecule has 1 aromatic heterocycles. The highest BCUT2D eigenvalue weighted by Crippen LogP contribution is 2.28. The smallest absolute Gasteiger partial charge is 0.110 e. The lowest BCUT2D eigenvalue weighted by Crippen LogP contribution is -2.14. The van der Waals surface area contributed by atoms with Gasteiger partial charge in [-0.2, -0.15) is 0 Å². The van der Waals surface area contributed by atoms with Crippen molar-refractivity contribution >= 4 is 0 Å². The van der Waals surface area contributed by atoms with Gasteiger partial charge in [0.2, 0.25) is 0 Å². The molecule has 0 aliphatic carbocycles. The maximum absolute atomic E-state index is 4.52. The molecule has 0 atom stereocenters. The Kier molecular flexibility index (Phi) is 4.33. The molecule has 2 nitrogen and oxygen atoms in total. The van der Waals surface area contributed by atoms with Crippen LogP contribution in [0.1, 0.15) is 44.1 Å². The van der Waals surface area contributed by atoms with Crippen molar-refractivity contribution in [2.45, 2.75) is 39.0 Å². The molecule has 1 N–H and O–H groups in total. The Morgan fingerprint density at radius 1 is 0.957 bits per heavy atom. The first-order chi connectivity index (χ1) is 11.1. The number of benzene rings is 2. The van der Waals surface area contributed by atoms with E-state index in [2.05, 4.69) is 79.3 Å². The maximum atomic E-state index is 4.52. The van der Waals surface area contributed by atoms with Gasteiger partial charge in [-0.15, -0.1) is 0 Å². The van der Waals surface area contributed by atoms with Crippen LogP contribution in [0.5, 0.6) is 0 Å². The molecule has 3 aromatic rings. The molecular weight excluding hydrogens is 280 g/mol. The summed E-state index contributed by atoms with van der Waals surface area (Å²) in [6.07, 6.45) is 3.90. The molecule has 1 heterocycles. The van der Waals surface area contributed by atoms with E-state index in [1.54, 1.807) is 0 Å². The lowest BCUT2D eigenvalue weighted by Gasteiger charge is -2.23. The Labute approximate surface area is 138 Å². The molecule has 0 aliphatic rings. The number of imidazole rings is 1. The van der Waals surface area contributed by atoms with E-state index in [-0.39, 0.29) is 5.41 Å². The summed E-state index contributed by atoms with van der Waals surface area (Å²) in [5, 5.41) is 0. The second-order valence-corrected chi connectivity index (χ2v) is 6.72. The van der Waals surface area contributed by atoms with Crippen LogP contribution in [-0.2, 0) is 11.8 Å². The molecular formula is C21H24N2. The third-order valence-electron chi connectivity index (χ3n) is 4.70. The SMILES string of the molecule is CCC(C)(C)c1ccc(-c2cnc(Cc3ccccc3)[nH]2)cc1. The highest BCUT2D eigenvalue weighted by molar-refractivity contribution is 5.59. The molecule has 118 valence electrons. The molecule has 2 heteroatoms. The fourth-order valence-corrected chi connectivity index (χ4v) is 2.69. The lowest BCUT2D eigenvalue weighted by atomic mass is 9.82. The van der Waals surface area contributed by atoms with Crippen LogP contribution >= 0.6 is 0 Å². The maximum Gasteiger partial charge on any atom is 0.110 e. The van der Waals surface area contributed by atoms with E-state index in [0.717, 1.165) is 24.4 Å². The van der Waals surface area contributed by atoms with E-state index >= 15 is 0 Å². The second-order valence-electron chi connectivity index (χ2n) is 6.72. The van der Waals surface area contributed by atoms with E-state index in [1.807, 2.05) is 12.3 Å². The van der Waals surface area contributed by atoms with Crippen LogP contribution < -0.4 is 0 Å². The van der Waals surface area contributed by atoms with E-state index in [9.17, 15) is 0 Å². The van der Waals surface area contributed by atoms with Crippen molar-refractivity contribution in [1.82, 2.24) is 9.97 Å². The first-order valence-electron chi connectivity index (χ1n) is 8.27. The summed E-state index contributed by atoms with van der Waals surface area (Å²) in [4.78, 5) is 7.96. The molecule has 0 bridgehead atoms. The third-order valence-corrected chi connectivity index (χ3v) is 4.70. The Morgan fingerprint density at radius 2 is 1.65 bits per heavy atom. The molecule has 0 radical (unpaired) electrons. The minimum absolute atomic E-state index is 0.227. The van der Waals surface area contributed by atoms with Crippen molar-refractivity contribution in [1.29, 1.82) is 0 Å². The van der Waals surface area contributed by atoms with Crippen LogP contribution in [0.3, 0.4) is 0 Å². The lowest BCUT2D eigenvalue weighted by molar-refractivity contribution is 0.506. The van der Waals surface area contributed by atoms with Gasteiger partial charge in [-0.05, 0) is 28.5 Å². The number of nitrogens with one attached hydrogen (secondary N) is 1. The van der Waals surface area contributed by atoms with Crippen LogP contribution in [0.15, 0.2) is 60.8 Å². The molecule has 0 saturated heterocycles. The van der Waals surface area contributed by atoms with Crippen LogP contribution in [0, 0.1) is 0 Å². The van der Waals surface area contributed by atoms with E-state index < -0.39 is 0 Å². The number of hydrogen-bond acceptors (Lipinski definition) is 1. The summed E-state index contributed by atoms with van der Waals surface area (Å²) in [6, 6.07) is 19.3. The van der Waals surface area contributed by atoms with Gasteiger partial charge < -0.3 is 4.98 Å². The van der Waals surface area contributed by atoms with Crippen LogP contribution in [-0.4, -0.2) is 9.97 Å². The summed E-state index contributed by atoms with van der Waals surface area (Å²) < 4.78 is 0. The number of nitrogens with zero attached hydrogens (tertiary/aromatic N) is 1. The highest BCUT2D eigenvalue weighted by Gasteiger charge is 2.17. The molecule has 0 fully saturated rings. The summed E-state index contributed by atoms with van der Waals surface area (Å²) in [7, 11) is 0. The summed E-state index contributed by atoms with van der Waals surface area (Å²) in [6.45, 7) is 6.81. The number of rotatable bonds is 5. The van der Waals surface area contributed by atoms with Crippen molar-refractivity contribution in [3.05, 3.63) is 77.7 Å². The summed E-state index contributed by atoms with van der Waals surface area (Å²) in [5.41, 5.74) is 5.15. The Hall–Kier alpha value is -2.35. The van der Waals surface area contributed by atoms with Gasteiger partial charge in [-0.3, -0.25) is 0 Å². The topological polar surface area (TPSA) is 28.7 Å². The fraction of sp³-hybridized carbons (Fsp3) is 0.286. The molecule has 2 aromatic carbocycles. The predicted octanol–water partition coefficient (Wildman–Crippen LogP) is 5.36. The zero-order valence-corrected chi connectivity index (χ0v) is 14.1. The van der Waals surface area contributed by atoms with Crippen LogP contribution in [0.4, 0.5) is 0 Å². The van der Waals surface area contributed by atoms with E-state index in [0.29, 0.717) is 0 Å². The number of aromatic nitrogens is 2. The molecule has 0 aliphatic heterocycles. The zero-order chi connectivity index (χ0) is 16.3. The average molecular weight is 304 g/mol. The fourth-order valence-electron chi connectivity index (χ4n) is 2.69. The molecule has 0 unspecified atom stereocenters. The first kappa shape index (κ1) is 15.5. The van der Waals surface area contributed by atoms with Crippen molar-refractivity contribution in [3.63, 3.8) is 0 Å². The Balaban J connectivity index is 1.78. The van der Waals surface area contributed by atoms with Gasteiger partial charge in [0.25, 0.3) is 0 Å². The van der Waals surface area contributed by atoms with Crippen molar-refractivity contribution < 1.29 is 0 Å². The molecule has 0 amide bonds. The van der Waals surface area contributed by atoms with Gasteiger partial charge in [-0.1, -0.05) is 75.4 Å². The number of H-pyrrole nitrogens is 1. The molecule has 0 spiro atoms. The Bertz CT molecular complexity index is 752. The van der Waals surface area contributed by atoms with E-state index in [4.69, 9.17) is 0 Å². The second kappa shape index (κ2) is 6.41. The van der Waals surface area contributed by atoms with Crippen molar-refractivity contribution in [2.75, 3.05) is 0 Å². The van der Waals surface area contributed by atoms with Gasteiger partial charge in [0.15, 0.2) is 0 Å². The zero-order valence-electron chi connectivity index (χ0n) is 14.1. The normalized spacial score (nSPS) is 11.6. The molecule has 3 rings (SSSR count). The highest BCUT2D eigenvalue weighted by atomic mass is 14.9. The van der Waals surface area contributed by atoms with Crippen molar-refractivity contribution in [2.24, 2.45) is 0 Å². The minimum Gasteiger partial charge on any atom is -0.342 e. The van der Waals surface area contributed by atoms with Gasteiger partial charge in [0.1, 0.15) is 5.82 Å². The third kappa shape index (κ3) is 3.53. The molecule has 0 saturated carbocycles. The number of aromatic amines is 1. The largest absolute Gasteiger partial charge is 0.342 e. The van der Waals surface area contributed by atoms with Crippen LogP contribution in [0.2, 0.25) is 0 Å². The van der Waals surface area contributed by atoms with Crippen molar-refractivity contribution in [3.8, 4) is 11.3 Å². The Morgan fingerprint density at radius 3 is 2.30 bits per heavy atom. The first-order valence-corrected chi connectivity index (χ1v) is 8.27. The van der Waals surface area contributed by atoms with Gasteiger partial charge in [0.05, 0.1) is 11.9 Å². The predicted molar refractivity (Wildman–Crippen MR) is 96.6 cm³/mol. The van der Waals surface area contributed by atoms with Gasteiger partial charge in [-0.25, -0.2) is 4.98 Å². The van der Waals surface area contributed by atoms with Gasteiger partial charge >= 0.3 is 0 Å².